The molecule has 12 heavy (non-hydrogen) atoms. The Morgan fingerprint density at radius 3 is 3.33 bits per heavy atom. The number of primary amides is 1. The molecule has 0 aliphatic carbocycles. The first-order valence-corrected chi connectivity index (χ1v) is 3.62. The number of anilines is 1. The number of rotatable bonds is 1. The third-order valence-electron chi connectivity index (χ3n) is 1.93. The largest absolute Gasteiger partial charge is 0.369 e. The first-order chi connectivity index (χ1) is 5.79. The molecular weight excluding hydrogens is 156 g/mol. The molecule has 0 saturated carbocycles. The minimum Gasteiger partial charge on any atom is -0.369 e. The molecule has 1 aromatic rings. The van der Waals surface area contributed by atoms with Crippen molar-refractivity contribution >= 4 is 11.7 Å². The summed E-state index contributed by atoms with van der Waals surface area (Å²) < 4.78 is 0. The van der Waals surface area contributed by atoms with Crippen LogP contribution in [-0.4, -0.2) is 22.4 Å². The summed E-state index contributed by atoms with van der Waals surface area (Å²) in [6.07, 6.45) is 3.06. The number of nitrogens with one attached hydrogen (secondary N) is 1. The van der Waals surface area contributed by atoms with Crippen LogP contribution in [-0.2, 0) is 4.79 Å². The molecule has 5 nitrogen and oxygen atoms in total. The van der Waals surface area contributed by atoms with Crippen LogP contribution in [0.1, 0.15) is 11.5 Å². The number of amides is 1. The van der Waals surface area contributed by atoms with Gasteiger partial charge in [-0.25, -0.2) is 9.97 Å². The Hall–Kier alpha value is -1.65. The van der Waals surface area contributed by atoms with Crippen molar-refractivity contribution in [2.45, 2.75) is 5.92 Å². The van der Waals surface area contributed by atoms with Gasteiger partial charge in [0.2, 0.25) is 5.91 Å². The summed E-state index contributed by atoms with van der Waals surface area (Å²) in [5.74, 6) is 0.103. The van der Waals surface area contributed by atoms with Gasteiger partial charge < -0.3 is 11.1 Å². The molecule has 5 heteroatoms. The van der Waals surface area contributed by atoms with Gasteiger partial charge in [0, 0.05) is 18.3 Å². The Kier molecular flexibility index (Phi) is 1.43. The van der Waals surface area contributed by atoms with Gasteiger partial charge in [-0.1, -0.05) is 0 Å². The molecule has 1 unspecified atom stereocenters. The van der Waals surface area contributed by atoms with Crippen LogP contribution in [0.15, 0.2) is 12.5 Å². The van der Waals surface area contributed by atoms with Crippen LogP contribution in [0.5, 0.6) is 0 Å². The fourth-order valence-corrected chi connectivity index (χ4v) is 1.31. The lowest BCUT2D eigenvalue weighted by atomic mass is 10.1. The van der Waals surface area contributed by atoms with Gasteiger partial charge in [-0.15, -0.1) is 0 Å². The highest BCUT2D eigenvalue weighted by Crippen LogP contribution is 2.27. The molecule has 62 valence electrons. The summed E-state index contributed by atoms with van der Waals surface area (Å²) >= 11 is 0. The molecule has 0 radical (unpaired) electrons. The fourth-order valence-electron chi connectivity index (χ4n) is 1.31. The predicted octanol–water partition coefficient (Wildman–Crippen LogP) is -0.529. The van der Waals surface area contributed by atoms with Crippen molar-refractivity contribution in [3.05, 3.63) is 18.1 Å². The molecular formula is C7H8N4O. The Balaban J connectivity index is 2.42. The molecule has 0 aromatic carbocycles. The Morgan fingerprint density at radius 2 is 2.58 bits per heavy atom. The monoisotopic (exact) mass is 164 g/mol. The van der Waals surface area contributed by atoms with Crippen molar-refractivity contribution in [1.82, 2.24) is 9.97 Å². The van der Waals surface area contributed by atoms with E-state index in [1.165, 1.54) is 6.33 Å². The van der Waals surface area contributed by atoms with Crippen LogP contribution < -0.4 is 11.1 Å². The van der Waals surface area contributed by atoms with Crippen LogP contribution in [0.2, 0.25) is 0 Å². The third-order valence-corrected chi connectivity index (χ3v) is 1.93. The second-order valence-corrected chi connectivity index (χ2v) is 2.66. The van der Waals surface area contributed by atoms with E-state index in [4.69, 9.17) is 5.73 Å². The van der Waals surface area contributed by atoms with Crippen molar-refractivity contribution in [3.63, 3.8) is 0 Å². The van der Waals surface area contributed by atoms with E-state index in [0.29, 0.717) is 12.4 Å². The lowest BCUT2D eigenvalue weighted by Crippen LogP contribution is -2.22. The number of carbonyl (C=O) groups is 1. The number of nitrogens with zero attached hydrogens (tertiary/aromatic N) is 2. The summed E-state index contributed by atoms with van der Waals surface area (Å²) in [6, 6.07) is 0. The lowest BCUT2D eigenvalue weighted by molar-refractivity contribution is -0.119. The van der Waals surface area contributed by atoms with E-state index >= 15 is 0 Å². The molecule has 0 bridgehead atoms. The SMILES string of the molecule is NC(=O)C1CNc2ncncc21. The molecule has 1 aromatic heterocycles. The van der Waals surface area contributed by atoms with Crippen molar-refractivity contribution < 1.29 is 4.79 Å². The van der Waals surface area contributed by atoms with Crippen LogP contribution >= 0.6 is 0 Å². The summed E-state index contributed by atoms with van der Waals surface area (Å²) in [6.45, 7) is 0.531. The van der Waals surface area contributed by atoms with Gasteiger partial charge in [0.15, 0.2) is 0 Å². The van der Waals surface area contributed by atoms with E-state index in [-0.39, 0.29) is 11.8 Å². The van der Waals surface area contributed by atoms with Gasteiger partial charge in [-0.3, -0.25) is 4.79 Å². The molecule has 1 aliphatic rings. The Morgan fingerprint density at radius 1 is 1.75 bits per heavy atom. The van der Waals surface area contributed by atoms with Crippen molar-refractivity contribution in [3.8, 4) is 0 Å². The molecule has 1 aliphatic heterocycles. The maximum atomic E-state index is 10.9. The first kappa shape index (κ1) is 7.02. The third kappa shape index (κ3) is 0.903. The van der Waals surface area contributed by atoms with E-state index in [9.17, 15) is 4.79 Å². The number of aromatic nitrogens is 2. The maximum Gasteiger partial charge on any atom is 0.226 e. The van der Waals surface area contributed by atoms with Crippen molar-refractivity contribution in [2.24, 2.45) is 5.73 Å². The Labute approximate surface area is 69.0 Å². The first-order valence-electron chi connectivity index (χ1n) is 3.62. The fraction of sp³-hybridized carbons (Fsp3) is 0.286. The smallest absolute Gasteiger partial charge is 0.226 e. The van der Waals surface area contributed by atoms with Gasteiger partial charge in [-0.2, -0.15) is 0 Å². The van der Waals surface area contributed by atoms with Crippen LogP contribution in [0.25, 0.3) is 0 Å². The average Bonchev–Trinajstić information content (AvgIpc) is 2.47. The predicted molar refractivity (Wildman–Crippen MR) is 42.5 cm³/mol. The second kappa shape index (κ2) is 2.44. The van der Waals surface area contributed by atoms with E-state index in [2.05, 4.69) is 15.3 Å². The second-order valence-electron chi connectivity index (χ2n) is 2.66. The quantitative estimate of drug-likeness (QED) is 0.584. The molecule has 0 saturated heterocycles. The average molecular weight is 164 g/mol. The summed E-state index contributed by atoms with van der Waals surface area (Å²) in [4.78, 5) is 18.7. The van der Waals surface area contributed by atoms with Gasteiger partial charge in [-0.05, 0) is 0 Å². The molecule has 0 spiro atoms. The summed E-state index contributed by atoms with van der Waals surface area (Å²) in [5, 5.41) is 2.98. The van der Waals surface area contributed by atoms with E-state index < -0.39 is 0 Å². The molecule has 2 heterocycles. The van der Waals surface area contributed by atoms with Crippen molar-refractivity contribution in [2.75, 3.05) is 11.9 Å². The summed E-state index contributed by atoms with van der Waals surface area (Å²) in [5.41, 5.74) is 5.97. The number of fused-ring (bicyclic) bond motifs is 1. The van der Waals surface area contributed by atoms with Gasteiger partial charge in [0.25, 0.3) is 0 Å². The van der Waals surface area contributed by atoms with Crippen LogP contribution in [0.3, 0.4) is 0 Å². The van der Waals surface area contributed by atoms with E-state index in [1.807, 2.05) is 0 Å². The maximum absolute atomic E-state index is 10.9. The molecule has 3 N–H and O–H groups in total. The number of carbonyl (C=O) groups excluding carboxylic acids is 1. The minimum absolute atomic E-state index is 0.277. The number of nitrogens with two attached hydrogens (primary N) is 1. The van der Waals surface area contributed by atoms with Gasteiger partial charge in [0.1, 0.15) is 12.1 Å². The highest BCUT2D eigenvalue weighted by molar-refractivity contribution is 5.85. The zero-order valence-corrected chi connectivity index (χ0v) is 6.32. The Bertz CT molecular complexity index is 325. The van der Waals surface area contributed by atoms with Crippen LogP contribution in [0.4, 0.5) is 5.82 Å². The highest BCUT2D eigenvalue weighted by Gasteiger charge is 2.27. The zero-order valence-electron chi connectivity index (χ0n) is 6.32. The summed E-state index contributed by atoms with van der Waals surface area (Å²) in [7, 11) is 0. The van der Waals surface area contributed by atoms with E-state index in [1.54, 1.807) is 6.20 Å². The molecule has 1 amide bonds. The van der Waals surface area contributed by atoms with Crippen LogP contribution in [0, 0.1) is 0 Å². The normalized spacial score (nSPS) is 19.8. The topological polar surface area (TPSA) is 80.9 Å². The van der Waals surface area contributed by atoms with Gasteiger partial charge in [0.05, 0.1) is 5.92 Å². The van der Waals surface area contributed by atoms with Crippen molar-refractivity contribution in [1.29, 1.82) is 0 Å². The van der Waals surface area contributed by atoms with E-state index in [0.717, 1.165) is 5.56 Å². The molecule has 1 atom stereocenters. The zero-order chi connectivity index (χ0) is 8.55. The minimum atomic E-state index is -0.337. The number of hydrogen-bond donors (Lipinski definition) is 2. The van der Waals surface area contributed by atoms with Gasteiger partial charge >= 0.3 is 0 Å². The number of hydrogen-bond acceptors (Lipinski definition) is 4. The lowest BCUT2D eigenvalue weighted by Gasteiger charge is -2.01. The molecule has 0 fully saturated rings. The highest BCUT2D eigenvalue weighted by atomic mass is 16.1. The standard InChI is InChI=1S/C7H8N4O/c8-6(12)4-2-10-7-5(4)1-9-3-11-7/h1,3-4H,2H2,(H2,8,12)(H,9,10,11). The molecule has 2 rings (SSSR count).